The summed E-state index contributed by atoms with van der Waals surface area (Å²) in [5.41, 5.74) is -0.838. The molecule has 1 fully saturated rings. The summed E-state index contributed by atoms with van der Waals surface area (Å²) < 4.78 is 4.69. The molecule has 0 aliphatic carbocycles. The van der Waals surface area contributed by atoms with Gasteiger partial charge in [-0.15, -0.1) is 0 Å². The Bertz CT molecular complexity index is 392. The van der Waals surface area contributed by atoms with Gasteiger partial charge in [-0.1, -0.05) is 13.0 Å². The van der Waals surface area contributed by atoms with Crippen LogP contribution in [0.2, 0.25) is 0 Å². The highest BCUT2D eigenvalue weighted by Crippen LogP contribution is 2.20. The van der Waals surface area contributed by atoms with E-state index in [1.807, 2.05) is 6.92 Å². The quantitative estimate of drug-likeness (QED) is 0.448. The minimum atomic E-state index is -0.838. The van der Waals surface area contributed by atoms with Gasteiger partial charge in [0.1, 0.15) is 5.54 Å². The van der Waals surface area contributed by atoms with Crippen molar-refractivity contribution in [2.45, 2.75) is 32.7 Å². The number of esters is 1. The minimum absolute atomic E-state index is 0.0685. The number of rotatable bonds is 5. The van der Waals surface area contributed by atoms with Crippen molar-refractivity contribution in [2.24, 2.45) is 0 Å². The number of ether oxygens (including phenoxy) is 1. The zero-order chi connectivity index (χ0) is 13.8. The third-order valence-corrected chi connectivity index (χ3v) is 2.88. The first-order valence-electron chi connectivity index (χ1n) is 5.92. The molecule has 0 aromatic carbocycles. The number of hydrogen-bond acceptors (Lipinski definition) is 4. The van der Waals surface area contributed by atoms with E-state index in [-0.39, 0.29) is 12.5 Å². The van der Waals surface area contributed by atoms with E-state index in [4.69, 9.17) is 4.74 Å². The number of carbonyl (C=O) groups excluding carboxylic acids is 3. The third-order valence-electron chi connectivity index (χ3n) is 2.88. The van der Waals surface area contributed by atoms with Crippen LogP contribution < -0.4 is 5.32 Å². The lowest BCUT2D eigenvalue weighted by Crippen LogP contribution is -2.43. The van der Waals surface area contributed by atoms with Crippen LogP contribution in [-0.4, -0.2) is 41.5 Å². The van der Waals surface area contributed by atoms with Gasteiger partial charge < -0.3 is 10.1 Å². The molecule has 1 heterocycles. The molecule has 6 nitrogen and oxygen atoms in total. The fraction of sp³-hybridized carbons (Fsp3) is 0.583. The van der Waals surface area contributed by atoms with Gasteiger partial charge in [-0.2, -0.15) is 0 Å². The van der Waals surface area contributed by atoms with Crippen molar-refractivity contribution in [1.82, 2.24) is 10.2 Å². The van der Waals surface area contributed by atoms with E-state index >= 15 is 0 Å². The lowest BCUT2D eigenvalue weighted by atomic mass is 9.99. The van der Waals surface area contributed by atoms with E-state index in [0.29, 0.717) is 13.0 Å². The third kappa shape index (κ3) is 2.88. The number of imide groups is 1. The number of urea groups is 1. The van der Waals surface area contributed by atoms with Crippen LogP contribution in [0, 0.1) is 0 Å². The van der Waals surface area contributed by atoms with E-state index in [9.17, 15) is 14.4 Å². The van der Waals surface area contributed by atoms with Crippen molar-refractivity contribution in [2.75, 3.05) is 13.2 Å². The molecule has 0 saturated carbocycles. The molecule has 1 aliphatic rings. The summed E-state index contributed by atoms with van der Waals surface area (Å²) in [5.74, 6) is -0.758. The second-order valence-corrected chi connectivity index (χ2v) is 4.19. The predicted octanol–water partition coefficient (Wildman–Crippen LogP) is 0.826. The number of amides is 3. The summed E-state index contributed by atoms with van der Waals surface area (Å²) in [7, 11) is 0. The molecule has 1 saturated heterocycles. The second-order valence-electron chi connectivity index (χ2n) is 4.19. The lowest BCUT2D eigenvalue weighted by molar-refractivity contribution is -0.137. The fourth-order valence-electron chi connectivity index (χ4n) is 1.60. The van der Waals surface area contributed by atoms with Crippen LogP contribution in [0.15, 0.2) is 12.2 Å². The number of carbonyl (C=O) groups is 3. The SMILES string of the molecule is CCOC(=O)/C=C/CN1C(=O)NC(C)(CC)C1=O. The summed E-state index contributed by atoms with van der Waals surface area (Å²) in [4.78, 5) is 35.7. The maximum atomic E-state index is 12.0. The molecule has 0 radical (unpaired) electrons. The Morgan fingerprint density at radius 1 is 1.44 bits per heavy atom. The summed E-state index contributed by atoms with van der Waals surface area (Å²) in [6.07, 6.45) is 3.18. The molecule has 3 amide bonds. The Hall–Kier alpha value is -1.85. The molecule has 0 spiro atoms. The van der Waals surface area contributed by atoms with Crippen LogP contribution in [0.1, 0.15) is 27.2 Å². The van der Waals surface area contributed by atoms with Gasteiger partial charge >= 0.3 is 12.0 Å². The number of nitrogens with one attached hydrogen (secondary N) is 1. The van der Waals surface area contributed by atoms with Crippen LogP contribution in [-0.2, 0) is 14.3 Å². The first-order valence-corrected chi connectivity index (χ1v) is 5.92. The summed E-state index contributed by atoms with van der Waals surface area (Å²) >= 11 is 0. The Morgan fingerprint density at radius 3 is 2.61 bits per heavy atom. The van der Waals surface area contributed by atoms with Gasteiger partial charge in [0.05, 0.1) is 6.61 Å². The zero-order valence-corrected chi connectivity index (χ0v) is 10.9. The molecule has 18 heavy (non-hydrogen) atoms. The monoisotopic (exact) mass is 254 g/mol. The molecule has 6 heteroatoms. The molecule has 0 aromatic rings. The van der Waals surface area contributed by atoms with Gasteiger partial charge in [0.25, 0.3) is 5.91 Å². The normalized spacial score (nSPS) is 23.6. The molecule has 100 valence electrons. The molecule has 1 atom stereocenters. The lowest BCUT2D eigenvalue weighted by Gasteiger charge is -2.18. The van der Waals surface area contributed by atoms with E-state index < -0.39 is 17.5 Å². The number of hydrogen-bond donors (Lipinski definition) is 1. The van der Waals surface area contributed by atoms with E-state index in [2.05, 4.69) is 5.32 Å². The number of nitrogens with zero attached hydrogens (tertiary/aromatic N) is 1. The molecule has 1 N–H and O–H groups in total. The average molecular weight is 254 g/mol. The first kappa shape index (κ1) is 14.2. The molecule has 1 aliphatic heterocycles. The van der Waals surface area contributed by atoms with Gasteiger partial charge in [-0.05, 0) is 20.3 Å². The van der Waals surface area contributed by atoms with E-state index in [0.717, 1.165) is 4.90 Å². The van der Waals surface area contributed by atoms with Crippen molar-refractivity contribution in [3.63, 3.8) is 0 Å². The Labute approximate surface area is 106 Å². The van der Waals surface area contributed by atoms with Crippen molar-refractivity contribution >= 4 is 17.9 Å². The standard InChI is InChI=1S/C12H18N2O4/c1-4-12(3)10(16)14(11(17)13-12)8-6-7-9(15)18-5-2/h6-7H,4-5,8H2,1-3H3,(H,13,17)/b7-6+. The van der Waals surface area contributed by atoms with Crippen molar-refractivity contribution < 1.29 is 19.1 Å². The van der Waals surface area contributed by atoms with Crippen molar-refractivity contribution in [3.05, 3.63) is 12.2 Å². The van der Waals surface area contributed by atoms with Gasteiger partial charge in [-0.25, -0.2) is 9.59 Å². The van der Waals surface area contributed by atoms with Crippen LogP contribution in [0.5, 0.6) is 0 Å². The predicted molar refractivity (Wildman–Crippen MR) is 64.7 cm³/mol. The highest BCUT2D eigenvalue weighted by atomic mass is 16.5. The highest BCUT2D eigenvalue weighted by Gasteiger charge is 2.45. The van der Waals surface area contributed by atoms with Gasteiger partial charge in [0, 0.05) is 12.6 Å². The average Bonchev–Trinajstić information content (AvgIpc) is 2.53. The zero-order valence-electron chi connectivity index (χ0n) is 10.9. The fourth-order valence-corrected chi connectivity index (χ4v) is 1.60. The van der Waals surface area contributed by atoms with Crippen LogP contribution >= 0.6 is 0 Å². The Balaban J connectivity index is 2.61. The molecule has 1 rings (SSSR count). The molecule has 0 aromatic heterocycles. The summed E-state index contributed by atoms with van der Waals surface area (Å²) in [6.45, 7) is 5.58. The van der Waals surface area contributed by atoms with Crippen LogP contribution in [0.25, 0.3) is 0 Å². The second kappa shape index (κ2) is 5.66. The topological polar surface area (TPSA) is 75.7 Å². The largest absolute Gasteiger partial charge is 0.463 e. The molecular formula is C12H18N2O4. The van der Waals surface area contributed by atoms with E-state index in [1.54, 1.807) is 13.8 Å². The molecule has 1 unspecified atom stereocenters. The van der Waals surface area contributed by atoms with Gasteiger partial charge in [-0.3, -0.25) is 9.69 Å². The summed E-state index contributed by atoms with van der Waals surface area (Å²) in [6, 6.07) is -0.433. The maximum absolute atomic E-state index is 12.0. The Kier molecular flexibility index (Phi) is 4.47. The smallest absolute Gasteiger partial charge is 0.330 e. The molecule has 0 bridgehead atoms. The van der Waals surface area contributed by atoms with E-state index in [1.165, 1.54) is 12.2 Å². The minimum Gasteiger partial charge on any atom is -0.463 e. The van der Waals surface area contributed by atoms with Gasteiger partial charge in [0.2, 0.25) is 0 Å². The van der Waals surface area contributed by atoms with Crippen LogP contribution in [0.4, 0.5) is 4.79 Å². The Morgan fingerprint density at radius 2 is 2.11 bits per heavy atom. The van der Waals surface area contributed by atoms with Gasteiger partial charge in [0.15, 0.2) is 0 Å². The molecular weight excluding hydrogens is 236 g/mol. The van der Waals surface area contributed by atoms with Crippen molar-refractivity contribution in [3.8, 4) is 0 Å². The van der Waals surface area contributed by atoms with Crippen LogP contribution in [0.3, 0.4) is 0 Å². The highest BCUT2D eigenvalue weighted by molar-refractivity contribution is 6.06. The maximum Gasteiger partial charge on any atom is 0.330 e. The summed E-state index contributed by atoms with van der Waals surface area (Å²) in [5, 5.41) is 2.63. The first-order chi connectivity index (χ1) is 8.44. The van der Waals surface area contributed by atoms with Crippen molar-refractivity contribution in [1.29, 1.82) is 0 Å².